The predicted octanol–water partition coefficient (Wildman–Crippen LogP) is 2.63. The van der Waals surface area contributed by atoms with E-state index >= 15 is 0 Å². The summed E-state index contributed by atoms with van der Waals surface area (Å²) in [5.41, 5.74) is 3.25. The lowest BCUT2D eigenvalue weighted by Gasteiger charge is -2.07. The van der Waals surface area contributed by atoms with Crippen LogP contribution < -0.4 is 10.6 Å². The zero-order chi connectivity index (χ0) is 12.7. The molecule has 94 valence electrons. The Labute approximate surface area is 104 Å². The minimum atomic E-state index is 0.0907. The van der Waals surface area contributed by atoms with Gasteiger partial charge in [0.2, 0.25) is 5.91 Å². The highest BCUT2D eigenvalue weighted by Crippen LogP contribution is 2.13. The molecule has 1 aromatic rings. The third-order valence-electron chi connectivity index (χ3n) is 2.51. The molecule has 0 saturated heterocycles. The molecule has 17 heavy (non-hydrogen) atoms. The van der Waals surface area contributed by atoms with Gasteiger partial charge in [0.25, 0.3) is 0 Å². The summed E-state index contributed by atoms with van der Waals surface area (Å²) < 4.78 is 0. The average molecular weight is 234 g/mol. The van der Waals surface area contributed by atoms with E-state index in [0.717, 1.165) is 25.2 Å². The third kappa shape index (κ3) is 5.50. The summed E-state index contributed by atoms with van der Waals surface area (Å²) in [5.74, 6) is 0.0907. The van der Waals surface area contributed by atoms with Crippen LogP contribution in [0.1, 0.15) is 30.9 Å². The van der Waals surface area contributed by atoms with E-state index < -0.39 is 0 Å². The fraction of sp³-hybridized carbons (Fsp3) is 0.500. The van der Waals surface area contributed by atoms with Crippen molar-refractivity contribution in [2.24, 2.45) is 0 Å². The fourth-order valence-corrected chi connectivity index (χ4v) is 1.82. The minimum absolute atomic E-state index is 0.0907. The molecule has 0 heterocycles. The maximum Gasteiger partial charge on any atom is 0.224 e. The number of hydrogen-bond acceptors (Lipinski definition) is 2. The molecule has 1 rings (SSSR count). The van der Waals surface area contributed by atoms with E-state index in [1.54, 1.807) is 0 Å². The van der Waals surface area contributed by atoms with Crippen LogP contribution in [0.4, 0.5) is 5.69 Å². The van der Waals surface area contributed by atoms with Crippen LogP contribution in [0, 0.1) is 13.8 Å². The maximum absolute atomic E-state index is 11.7. The Hall–Kier alpha value is -1.35. The Morgan fingerprint density at radius 1 is 1.18 bits per heavy atom. The molecule has 1 aromatic carbocycles. The summed E-state index contributed by atoms with van der Waals surface area (Å²) in [6.45, 7) is 7.99. The van der Waals surface area contributed by atoms with Crippen molar-refractivity contribution >= 4 is 11.6 Å². The third-order valence-corrected chi connectivity index (χ3v) is 2.51. The number of hydrogen-bond donors (Lipinski definition) is 2. The first-order valence-electron chi connectivity index (χ1n) is 6.20. The number of carbonyl (C=O) groups is 1. The Bertz CT molecular complexity index is 354. The number of benzene rings is 1. The van der Waals surface area contributed by atoms with Gasteiger partial charge < -0.3 is 10.6 Å². The normalized spacial score (nSPS) is 10.3. The molecule has 1 amide bonds. The highest BCUT2D eigenvalue weighted by atomic mass is 16.1. The monoisotopic (exact) mass is 234 g/mol. The molecule has 0 fully saturated rings. The van der Waals surface area contributed by atoms with Crippen molar-refractivity contribution in [2.75, 3.05) is 18.4 Å². The molecule has 0 atom stereocenters. The first kappa shape index (κ1) is 13.7. The van der Waals surface area contributed by atoms with Crippen LogP contribution in [0.3, 0.4) is 0 Å². The molecule has 3 nitrogen and oxygen atoms in total. The molecule has 0 unspecified atom stereocenters. The van der Waals surface area contributed by atoms with Crippen molar-refractivity contribution in [1.29, 1.82) is 0 Å². The van der Waals surface area contributed by atoms with Gasteiger partial charge in [0, 0.05) is 12.1 Å². The van der Waals surface area contributed by atoms with Crippen molar-refractivity contribution in [3.63, 3.8) is 0 Å². The Morgan fingerprint density at radius 2 is 1.82 bits per heavy atom. The summed E-state index contributed by atoms with van der Waals surface area (Å²) in [4.78, 5) is 11.7. The van der Waals surface area contributed by atoms with Gasteiger partial charge in [-0.2, -0.15) is 0 Å². The van der Waals surface area contributed by atoms with E-state index in [4.69, 9.17) is 0 Å². The zero-order valence-electron chi connectivity index (χ0n) is 11.0. The molecule has 0 aliphatic rings. The Balaban J connectivity index is 2.39. The van der Waals surface area contributed by atoms with Crippen molar-refractivity contribution in [1.82, 2.24) is 5.32 Å². The van der Waals surface area contributed by atoms with Gasteiger partial charge in [-0.15, -0.1) is 0 Å². The van der Waals surface area contributed by atoms with Crippen molar-refractivity contribution in [3.8, 4) is 0 Å². The van der Waals surface area contributed by atoms with Crippen LogP contribution in [0.15, 0.2) is 18.2 Å². The van der Waals surface area contributed by atoms with Crippen LogP contribution >= 0.6 is 0 Å². The second-order valence-electron chi connectivity index (χ2n) is 4.38. The smallest absolute Gasteiger partial charge is 0.224 e. The molecular weight excluding hydrogens is 212 g/mol. The van der Waals surface area contributed by atoms with Gasteiger partial charge in [0.15, 0.2) is 0 Å². The van der Waals surface area contributed by atoms with Crippen LogP contribution in [-0.4, -0.2) is 19.0 Å². The van der Waals surface area contributed by atoms with Crippen LogP contribution in [0.2, 0.25) is 0 Å². The van der Waals surface area contributed by atoms with Gasteiger partial charge in [-0.1, -0.05) is 13.0 Å². The lowest BCUT2D eigenvalue weighted by Crippen LogP contribution is -2.17. The lowest BCUT2D eigenvalue weighted by atomic mass is 10.1. The van der Waals surface area contributed by atoms with Gasteiger partial charge in [-0.3, -0.25) is 4.79 Å². The first-order chi connectivity index (χ1) is 8.11. The summed E-state index contributed by atoms with van der Waals surface area (Å²) in [7, 11) is 0. The fourth-order valence-electron chi connectivity index (χ4n) is 1.82. The van der Waals surface area contributed by atoms with E-state index in [1.165, 1.54) is 11.1 Å². The predicted molar refractivity (Wildman–Crippen MR) is 72.3 cm³/mol. The molecule has 0 bridgehead atoms. The van der Waals surface area contributed by atoms with E-state index in [2.05, 4.69) is 23.6 Å². The molecule has 0 radical (unpaired) electrons. The van der Waals surface area contributed by atoms with Crippen molar-refractivity contribution in [2.45, 2.75) is 33.6 Å². The molecule has 3 heteroatoms. The number of anilines is 1. The number of aryl methyl sites for hydroxylation is 2. The molecule has 0 aliphatic heterocycles. The molecule has 0 saturated carbocycles. The van der Waals surface area contributed by atoms with Gasteiger partial charge in [0.1, 0.15) is 0 Å². The quantitative estimate of drug-likeness (QED) is 0.743. The average Bonchev–Trinajstić information content (AvgIpc) is 2.23. The summed E-state index contributed by atoms with van der Waals surface area (Å²) >= 11 is 0. The van der Waals surface area contributed by atoms with E-state index in [9.17, 15) is 4.79 Å². The Kier molecular flexibility index (Phi) is 5.70. The summed E-state index contributed by atoms with van der Waals surface area (Å²) in [5, 5.41) is 6.14. The van der Waals surface area contributed by atoms with E-state index in [-0.39, 0.29) is 5.91 Å². The second-order valence-corrected chi connectivity index (χ2v) is 4.38. The number of amides is 1. The minimum Gasteiger partial charge on any atom is -0.326 e. The summed E-state index contributed by atoms with van der Waals surface area (Å²) in [6, 6.07) is 6.09. The number of carbonyl (C=O) groups excluding carboxylic acids is 1. The van der Waals surface area contributed by atoms with Gasteiger partial charge in [-0.25, -0.2) is 0 Å². The van der Waals surface area contributed by atoms with Crippen LogP contribution in [0.5, 0.6) is 0 Å². The number of nitrogens with one attached hydrogen (secondary N) is 2. The molecule has 0 aliphatic carbocycles. The topological polar surface area (TPSA) is 41.1 Å². The van der Waals surface area contributed by atoms with Crippen molar-refractivity contribution < 1.29 is 4.79 Å². The van der Waals surface area contributed by atoms with Crippen LogP contribution in [0.25, 0.3) is 0 Å². The molecule has 2 N–H and O–H groups in total. The van der Waals surface area contributed by atoms with Crippen molar-refractivity contribution in [3.05, 3.63) is 29.3 Å². The van der Waals surface area contributed by atoms with E-state index in [0.29, 0.717) is 6.42 Å². The maximum atomic E-state index is 11.7. The van der Waals surface area contributed by atoms with E-state index in [1.807, 2.05) is 26.0 Å². The van der Waals surface area contributed by atoms with Gasteiger partial charge >= 0.3 is 0 Å². The lowest BCUT2D eigenvalue weighted by molar-refractivity contribution is -0.116. The highest BCUT2D eigenvalue weighted by Gasteiger charge is 2.02. The van der Waals surface area contributed by atoms with Gasteiger partial charge in [-0.05, 0) is 56.6 Å². The molecule has 0 aromatic heterocycles. The Morgan fingerprint density at radius 3 is 2.41 bits per heavy atom. The first-order valence-corrected chi connectivity index (χ1v) is 6.20. The second kappa shape index (κ2) is 7.07. The standard InChI is InChI=1S/C14H22N2O/c1-4-15-7-5-6-14(17)16-13-9-11(2)8-12(3)10-13/h8-10,15H,4-7H2,1-3H3,(H,16,17). The highest BCUT2D eigenvalue weighted by molar-refractivity contribution is 5.90. The number of rotatable bonds is 6. The van der Waals surface area contributed by atoms with Gasteiger partial charge in [0.05, 0.1) is 0 Å². The van der Waals surface area contributed by atoms with Crippen LogP contribution in [-0.2, 0) is 4.79 Å². The summed E-state index contributed by atoms with van der Waals surface area (Å²) in [6.07, 6.45) is 1.45. The SMILES string of the molecule is CCNCCCC(=O)Nc1cc(C)cc(C)c1. The zero-order valence-corrected chi connectivity index (χ0v) is 11.0. The molecule has 0 spiro atoms. The molecular formula is C14H22N2O. The largest absolute Gasteiger partial charge is 0.326 e.